The number of carbonyl (C=O) groups excluding carboxylic acids is 2. The first-order chi connectivity index (χ1) is 10.2. The minimum atomic E-state index is -0.139. The summed E-state index contributed by atoms with van der Waals surface area (Å²) >= 11 is 0. The van der Waals surface area contributed by atoms with Gasteiger partial charge in [-0.2, -0.15) is 0 Å². The normalized spacial score (nSPS) is 25.7. The van der Waals surface area contributed by atoms with Gasteiger partial charge in [0.2, 0.25) is 11.8 Å². The molecule has 2 heterocycles. The first-order valence-electron chi connectivity index (χ1n) is 8.48. The summed E-state index contributed by atoms with van der Waals surface area (Å²) < 4.78 is 0. The summed E-state index contributed by atoms with van der Waals surface area (Å²) in [6.07, 6.45) is 8.18. The SMILES string of the molecule is C[C@H](CC(=O)N1CCCCCC1)N[C@H]1CCCCNC1=O. The Morgan fingerprint density at radius 1 is 1.24 bits per heavy atom. The van der Waals surface area contributed by atoms with E-state index in [4.69, 9.17) is 0 Å². The van der Waals surface area contributed by atoms with Gasteiger partial charge in [0.05, 0.1) is 6.04 Å². The molecule has 2 aliphatic rings. The van der Waals surface area contributed by atoms with Crippen LogP contribution in [0.4, 0.5) is 0 Å². The van der Waals surface area contributed by atoms with Gasteiger partial charge in [-0.15, -0.1) is 0 Å². The predicted molar refractivity (Wildman–Crippen MR) is 82.9 cm³/mol. The highest BCUT2D eigenvalue weighted by Gasteiger charge is 2.24. The summed E-state index contributed by atoms with van der Waals surface area (Å²) in [5, 5.41) is 6.26. The van der Waals surface area contributed by atoms with Gasteiger partial charge in [-0.05, 0) is 39.0 Å². The second-order valence-corrected chi connectivity index (χ2v) is 6.41. The molecule has 120 valence electrons. The van der Waals surface area contributed by atoms with E-state index in [-0.39, 0.29) is 23.9 Å². The maximum Gasteiger partial charge on any atom is 0.237 e. The van der Waals surface area contributed by atoms with Gasteiger partial charge in [-0.3, -0.25) is 9.59 Å². The maximum absolute atomic E-state index is 12.3. The van der Waals surface area contributed by atoms with E-state index in [2.05, 4.69) is 10.6 Å². The lowest BCUT2D eigenvalue weighted by molar-refractivity contribution is -0.132. The van der Waals surface area contributed by atoms with Crippen molar-refractivity contribution in [3.8, 4) is 0 Å². The summed E-state index contributed by atoms with van der Waals surface area (Å²) in [6, 6.07) is -0.0889. The van der Waals surface area contributed by atoms with Crippen LogP contribution in [0.15, 0.2) is 0 Å². The van der Waals surface area contributed by atoms with Crippen molar-refractivity contribution in [2.75, 3.05) is 19.6 Å². The minimum Gasteiger partial charge on any atom is -0.355 e. The molecule has 2 saturated heterocycles. The van der Waals surface area contributed by atoms with Crippen LogP contribution in [-0.2, 0) is 9.59 Å². The minimum absolute atomic E-state index is 0.0506. The average Bonchev–Trinajstić information content (AvgIpc) is 2.83. The fourth-order valence-electron chi connectivity index (χ4n) is 3.21. The van der Waals surface area contributed by atoms with E-state index < -0.39 is 0 Å². The molecule has 5 nitrogen and oxygen atoms in total. The van der Waals surface area contributed by atoms with Crippen LogP contribution >= 0.6 is 0 Å². The van der Waals surface area contributed by atoms with Crippen LogP contribution in [0.2, 0.25) is 0 Å². The van der Waals surface area contributed by atoms with Crippen molar-refractivity contribution in [3.05, 3.63) is 0 Å². The van der Waals surface area contributed by atoms with Crippen LogP contribution in [0.3, 0.4) is 0 Å². The first-order valence-corrected chi connectivity index (χ1v) is 8.48. The van der Waals surface area contributed by atoms with Gasteiger partial charge in [0, 0.05) is 32.1 Å². The molecule has 2 fully saturated rings. The van der Waals surface area contributed by atoms with Gasteiger partial charge in [-0.25, -0.2) is 0 Å². The second-order valence-electron chi connectivity index (χ2n) is 6.41. The van der Waals surface area contributed by atoms with Crippen molar-refractivity contribution in [1.29, 1.82) is 0 Å². The van der Waals surface area contributed by atoms with Crippen LogP contribution in [0, 0.1) is 0 Å². The molecule has 21 heavy (non-hydrogen) atoms. The molecule has 0 saturated carbocycles. The van der Waals surface area contributed by atoms with Crippen molar-refractivity contribution in [2.24, 2.45) is 0 Å². The van der Waals surface area contributed by atoms with Crippen LogP contribution in [0.1, 0.15) is 58.3 Å². The number of rotatable bonds is 4. The number of hydrogen-bond acceptors (Lipinski definition) is 3. The number of amides is 2. The zero-order chi connectivity index (χ0) is 15.1. The Balaban J connectivity index is 1.78. The van der Waals surface area contributed by atoms with Crippen LogP contribution in [-0.4, -0.2) is 48.4 Å². The zero-order valence-corrected chi connectivity index (χ0v) is 13.2. The molecular weight excluding hydrogens is 266 g/mol. The number of hydrogen-bond donors (Lipinski definition) is 2. The maximum atomic E-state index is 12.3. The van der Waals surface area contributed by atoms with Gasteiger partial charge in [-0.1, -0.05) is 12.8 Å². The molecule has 0 spiro atoms. The quantitative estimate of drug-likeness (QED) is 0.825. The van der Waals surface area contributed by atoms with E-state index in [1.165, 1.54) is 12.8 Å². The standard InChI is InChI=1S/C16H29N3O2/c1-13(18-14-8-4-5-9-17-16(14)21)12-15(20)19-10-6-2-3-7-11-19/h13-14,18H,2-12H2,1H3,(H,17,21)/t13-,14+/m1/s1. The highest BCUT2D eigenvalue weighted by atomic mass is 16.2. The summed E-state index contributed by atoms with van der Waals surface area (Å²) in [5.74, 6) is 0.313. The van der Waals surface area contributed by atoms with Crippen molar-refractivity contribution in [1.82, 2.24) is 15.5 Å². The van der Waals surface area contributed by atoms with Crippen molar-refractivity contribution in [2.45, 2.75) is 70.4 Å². The number of likely N-dealkylation sites (tertiary alicyclic amines) is 1. The third-order valence-electron chi connectivity index (χ3n) is 4.46. The van der Waals surface area contributed by atoms with E-state index in [1.807, 2.05) is 11.8 Å². The molecule has 2 N–H and O–H groups in total. The molecule has 0 aromatic rings. The van der Waals surface area contributed by atoms with E-state index in [9.17, 15) is 9.59 Å². The zero-order valence-electron chi connectivity index (χ0n) is 13.2. The molecule has 0 aromatic carbocycles. The largest absolute Gasteiger partial charge is 0.355 e. The highest BCUT2D eigenvalue weighted by Crippen LogP contribution is 2.12. The Labute approximate surface area is 127 Å². The van der Waals surface area contributed by atoms with Gasteiger partial charge in [0.15, 0.2) is 0 Å². The first kappa shape index (κ1) is 16.3. The van der Waals surface area contributed by atoms with Crippen molar-refractivity contribution >= 4 is 11.8 Å². The Bertz CT molecular complexity index is 351. The number of nitrogens with one attached hydrogen (secondary N) is 2. The van der Waals surface area contributed by atoms with Gasteiger partial charge >= 0.3 is 0 Å². The smallest absolute Gasteiger partial charge is 0.237 e. The Morgan fingerprint density at radius 3 is 2.67 bits per heavy atom. The molecule has 5 heteroatoms. The third kappa shape index (κ3) is 5.30. The summed E-state index contributed by atoms with van der Waals surface area (Å²) in [4.78, 5) is 26.2. The fraction of sp³-hybridized carbons (Fsp3) is 0.875. The van der Waals surface area contributed by atoms with Gasteiger partial charge < -0.3 is 15.5 Å². The lowest BCUT2D eigenvalue weighted by Gasteiger charge is -2.25. The monoisotopic (exact) mass is 295 g/mol. The second kappa shape index (κ2) is 8.37. The lowest BCUT2D eigenvalue weighted by atomic mass is 10.1. The van der Waals surface area contributed by atoms with Crippen LogP contribution in [0.25, 0.3) is 0 Å². The van der Waals surface area contributed by atoms with E-state index in [0.717, 1.165) is 51.7 Å². The third-order valence-corrected chi connectivity index (χ3v) is 4.46. The molecule has 0 aliphatic carbocycles. The summed E-state index contributed by atoms with van der Waals surface area (Å²) in [6.45, 7) is 4.58. The van der Waals surface area contributed by atoms with Crippen LogP contribution < -0.4 is 10.6 Å². The Hall–Kier alpha value is -1.10. The van der Waals surface area contributed by atoms with Crippen molar-refractivity contribution < 1.29 is 9.59 Å². The average molecular weight is 295 g/mol. The fourth-order valence-corrected chi connectivity index (χ4v) is 3.21. The van der Waals surface area contributed by atoms with Crippen molar-refractivity contribution in [3.63, 3.8) is 0 Å². The lowest BCUT2D eigenvalue weighted by Crippen LogP contribution is -2.48. The molecule has 2 rings (SSSR count). The van der Waals surface area contributed by atoms with E-state index >= 15 is 0 Å². The number of nitrogens with zero attached hydrogens (tertiary/aromatic N) is 1. The summed E-state index contributed by atoms with van der Waals surface area (Å²) in [5.41, 5.74) is 0. The van der Waals surface area contributed by atoms with E-state index in [0.29, 0.717) is 6.42 Å². The molecule has 0 unspecified atom stereocenters. The molecule has 2 aliphatic heterocycles. The highest BCUT2D eigenvalue weighted by molar-refractivity contribution is 5.82. The van der Waals surface area contributed by atoms with Gasteiger partial charge in [0.1, 0.15) is 0 Å². The molecule has 0 radical (unpaired) electrons. The molecular formula is C16H29N3O2. The Morgan fingerprint density at radius 2 is 1.95 bits per heavy atom. The molecule has 0 bridgehead atoms. The Kier molecular flexibility index (Phi) is 6.49. The van der Waals surface area contributed by atoms with Gasteiger partial charge in [0.25, 0.3) is 0 Å². The molecule has 0 aromatic heterocycles. The number of carbonyl (C=O) groups is 2. The topological polar surface area (TPSA) is 61.4 Å². The molecule has 2 atom stereocenters. The van der Waals surface area contributed by atoms with Crippen LogP contribution in [0.5, 0.6) is 0 Å². The predicted octanol–water partition coefficient (Wildman–Crippen LogP) is 1.43. The molecule has 2 amide bonds. The van der Waals surface area contributed by atoms with E-state index in [1.54, 1.807) is 0 Å². The summed E-state index contributed by atoms with van der Waals surface area (Å²) in [7, 11) is 0.